The van der Waals surface area contributed by atoms with Gasteiger partial charge in [-0.1, -0.05) is 25.5 Å². The minimum Gasteiger partial charge on any atom is -0.299 e. The highest BCUT2D eigenvalue weighted by Crippen LogP contribution is 2.46. The third-order valence-corrected chi connectivity index (χ3v) is 3.91. The van der Waals surface area contributed by atoms with E-state index < -0.39 is 0 Å². The third kappa shape index (κ3) is 1.34. The number of hydrogen-bond donors (Lipinski definition) is 0. The monoisotopic (exact) mass is 178 g/mol. The Morgan fingerprint density at radius 1 is 1.38 bits per heavy atom. The highest BCUT2D eigenvalue weighted by molar-refractivity contribution is 5.86. The van der Waals surface area contributed by atoms with Crippen molar-refractivity contribution in [1.29, 1.82) is 0 Å². The summed E-state index contributed by atoms with van der Waals surface area (Å²) in [6.07, 6.45) is 10.9. The van der Waals surface area contributed by atoms with Gasteiger partial charge in [-0.2, -0.15) is 0 Å². The van der Waals surface area contributed by atoms with Gasteiger partial charge in [-0.3, -0.25) is 4.79 Å². The summed E-state index contributed by atoms with van der Waals surface area (Å²) in [5.74, 6) is 1.11. The van der Waals surface area contributed by atoms with Gasteiger partial charge in [0.1, 0.15) is 5.78 Å². The van der Waals surface area contributed by atoms with Crippen LogP contribution in [0.1, 0.15) is 45.4 Å². The molecule has 1 spiro atoms. The van der Waals surface area contributed by atoms with Crippen LogP contribution in [0.5, 0.6) is 0 Å². The molecule has 1 nitrogen and oxygen atoms in total. The van der Waals surface area contributed by atoms with Crippen molar-refractivity contribution in [3.63, 3.8) is 0 Å². The topological polar surface area (TPSA) is 17.1 Å². The molecule has 2 rings (SSSR count). The Morgan fingerprint density at radius 2 is 2.23 bits per heavy atom. The Balaban J connectivity index is 2.25. The molecular formula is C12H18O. The van der Waals surface area contributed by atoms with Crippen LogP contribution in [0.15, 0.2) is 12.2 Å². The van der Waals surface area contributed by atoms with Crippen LogP contribution in [-0.2, 0) is 4.79 Å². The molecule has 13 heavy (non-hydrogen) atoms. The molecule has 0 amide bonds. The van der Waals surface area contributed by atoms with E-state index >= 15 is 0 Å². The number of allylic oxidation sites excluding steroid dienone is 2. The van der Waals surface area contributed by atoms with E-state index in [-0.39, 0.29) is 5.41 Å². The van der Waals surface area contributed by atoms with Crippen molar-refractivity contribution in [2.75, 3.05) is 0 Å². The van der Waals surface area contributed by atoms with Crippen LogP contribution < -0.4 is 0 Å². The molecule has 0 bridgehead atoms. The van der Waals surface area contributed by atoms with E-state index in [4.69, 9.17) is 0 Å². The van der Waals surface area contributed by atoms with Crippen LogP contribution in [0.25, 0.3) is 0 Å². The van der Waals surface area contributed by atoms with E-state index in [9.17, 15) is 4.79 Å². The van der Waals surface area contributed by atoms with Gasteiger partial charge in [0.25, 0.3) is 0 Å². The lowest BCUT2D eigenvalue weighted by Gasteiger charge is -2.41. The maximum Gasteiger partial charge on any atom is 0.139 e. The fraction of sp³-hybridized carbons (Fsp3) is 0.750. The lowest BCUT2D eigenvalue weighted by molar-refractivity contribution is -0.134. The van der Waals surface area contributed by atoms with Gasteiger partial charge in [0.2, 0.25) is 0 Å². The van der Waals surface area contributed by atoms with E-state index in [1.807, 2.05) is 0 Å². The van der Waals surface area contributed by atoms with Crippen molar-refractivity contribution < 1.29 is 4.79 Å². The molecule has 2 atom stereocenters. The van der Waals surface area contributed by atoms with Crippen LogP contribution in [0.2, 0.25) is 0 Å². The third-order valence-electron chi connectivity index (χ3n) is 3.91. The minimum absolute atomic E-state index is 0.0486. The molecule has 72 valence electrons. The second-order valence-electron chi connectivity index (χ2n) is 4.60. The first kappa shape index (κ1) is 8.98. The van der Waals surface area contributed by atoms with Crippen LogP contribution in [0.3, 0.4) is 0 Å². The number of Topliss-reactive ketones (excluding diaryl/α,β-unsaturated/α-hetero) is 1. The van der Waals surface area contributed by atoms with Crippen LogP contribution in [-0.4, -0.2) is 5.78 Å². The number of hydrogen-bond acceptors (Lipinski definition) is 1. The number of carbonyl (C=O) groups is 1. The SMILES string of the molecule is C[C@H]1CC=CC[C@@]12CCCCC2=O. The zero-order valence-electron chi connectivity index (χ0n) is 8.38. The first-order valence-electron chi connectivity index (χ1n) is 5.44. The molecule has 2 aliphatic carbocycles. The summed E-state index contributed by atoms with van der Waals surface area (Å²) in [7, 11) is 0. The molecular weight excluding hydrogens is 160 g/mol. The molecule has 1 heteroatoms. The Kier molecular flexibility index (Phi) is 2.27. The van der Waals surface area contributed by atoms with E-state index in [0.29, 0.717) is 11.7 Å². The first-order chi connectivity index (χ1) is 6.26. The predicted octanol–water partition coefficient (Wildman–Crippen LogP) is 3.10. The molecule has 1 fully saturated rings. The largest absolute Gasteiger partial charge is 0.299 e. The average Bonchev–Trinajstić information content (AvgIpc) is 2.15. The highest BCUT2D eigenvalue weighted by atomic mass is 16.1. The van der Waals surface area contributed by atoms with E-state index in [1.54, 1.807) is 0 Å². The Bertz CT molecular complexity index is 242. The maximum absolute atomic E-state index is 11.9. The summed E-state index contributed by atoms with van der Waals surface area (Å²) in [4.78, 5) is 11.9. The molecule has 1 saturated carbocycles. The second kappa shape index (κ2) is 3.28. The van der Waals surface area contributed by atoms with Gasteiger partial charge in [-0.15, -0.1) is 0 Å². The normalized spacial score (nSPS) is 39.8. The molecule has 2 aliphatic rings. The van der Waals surface area contributed by atoms with E-state index in [2.05, 4.69) is 19.1 Å². The number of rotatable bonds is 0. The Hall–Kier alpha value is -0.590. The summed E-state index contributed by atoms with van der Waals surface area (Å²) >= 11 is 0. The smallest absolute Gasteiger partial charge is 0.139 e. The minimum atomic E-state index is 0.0486. The Morgan fingerprint density at radius 3 is 2.92 bits per heavy atom. The van der Waals surface area contributed by atoms with Crippen molar-refractivity contribution >= 4 is 5.78 Å². The summed E-state index contributed by atoms with van der Waals surface area (Å²) in [6, 6.07) is 0. The van der Waals surface area contributed by atoms with Crippen molar-refractivity contribution in [1.82, 2.24) is 0 Å². The van der Waals surface area contributed by atoms with Gasteiger partial charge in [-0.25, -0.2) is 0 Å². The Labute approximate surface area is 80.2 Å². The van der Waals surface area contributed by atoms with Gasteiger partial charge < -0.3 is 0 Å². The summed E-state index contributed by atoms with van der Waals surface area (Å²) in [6.45, 7) is 2.24. The average molecular weight is 178 g/mol. The lowest BCUT2D eigenvalue weighted by Crippen LogP contribution is -2.40. The standard InChI is InChI=1S/C12H18O/c1-10-6-2-4-8-12(10)9-5-3-7-11(12)13/h2,4,10H,3,5-9H2,1H3/t10-,12+/m0/s1. The predicted molar refractivity (Wildman–Crippen MR) is 53.4 cm³/mol. The van der Waals surface area contributed by atoms with Crippen molar-refractivity contribution in [3.05, 3.63) is 12.2 Å². The summed E-state index contributed by atoms with van der Waals surface area (Å²) < 4.78 is 0. The van der Waals surface area contributed by atoms with Crippen LogP contribution in [0, 0.1) is 11.3 Å². The molecule has 0 saturated heterocycles. The molecule has 0 aromatic heterocycles. The molecule has 0 unspecified atom stereocenters. The quantitative estimate of drug-likeness (QED) is 0.521. The molecule has 0 radical (unpaired) electrons. The molecule has 0 aliphatic heterocycles. The van der Waals surface area contributed by atoms with Gasteiger partial charge in [0.15, 0.2) is 0 Å². The van der Waals surface area contributed by atoms with Crippen molar-refractivity contribution in [3.8, 4) is 0 Å². The number of ketones is 1. The zero-order valence-corrected chi connectivity index (χ0v) is 8.38. The fourth-order valence-electron chi connectivity index (χ4n) is 2.87. The molecule has 0 N–H and O–H groups in total. The molecule has 0 aromatic rings. The van der Waals surface area contributed by atoms with Crippen LogP contribution in [0.4, 0.5) is 0 Å². The maximum atomic E-state index is 11.9. The van der Waals surface area contributed by atoms with Crippen LogP contribution >= 0.6 is 0 Å². The van der Waals surface area contributed by atoms with E-state index in [1.165, 1.54) is 6.42 Å². The van der Waals surface area contributed by atoms with Gasteiger partial charge in [0, 0.05) is 11.8 Å². The fourth-order valence-corrected chi connectivity index (χ4v) is 2.87. The van der Waals surface area contributed by atoms with E-state index in [0.717, 1.165) is 32.1 Å². The van der Waals surface area contributed by atoms with Gasteiger partial charge in [-0.05, 0) is 31.6 Å². The van der Waals surface area contributed by atoms with Gasteiger partial charge in [0.05, 0.1) is 0 Å². The first-order valence-corrected chi connectivity index (χ1v) is 5.44. The summed E-state index contributed by atoms with van der Waals surface area (Å²) in [5.41, 5.74) is 0.0486. The van der Waals surface area contributed by atoms with Crippen molar-refractivity contribution in [2.45, 2.75) is 45.4 Å². The lowest BCUT2D eigenvalue weighted by atomic mass is 9.61. The van der Waals surface area contributed by atoms with Gasteiger partial charge >= 0.3 is 0 Å². The van der Waals surface area contributed by atoms with Crippen molar-refractivity contribution in [2.24, 2.45) is 11.3 Å². The summed E-state index contributed by atoms with van der Waals surface area (Å²) in [5, 5.41) is 0. The zero-order chi connectivity index (χ0) is 9.31. The molecule has 0 aromatic carbocycles. The highest BCUT2D eigenvalue weighted by Gasteiger charge is 2.43. The second-order valence-corrected chi connectivity index (χ2v) is 4.60. The number of carbonyl (C=O) groups excluding carboxylic acids is 1. The molecule has 0 heterocycles.